The van der Waals surface area contributed by atoms with Gasteiger partial charge in [0, 0.05) is 37.7 Å². The maximum absolute atomic E-state index is 11.9. The molecule has 1 aliphatic rings. The van der Waals surface area contributed by atoms with E-state index in [0.29, 0.717) is 24.2 Å². The van der Waals surface area contributed by atoms with Crippen LogP contribution in [0.5, 0.6) is 0 Å². The first-order chi connectivity index (χ1) is 10.5. The number of rotatable bonds is 6. The van der Waals surface area contributed by atoms with Crippen molar-refractivity contribution in [2.75, 3.05) is 25.0 Å². The van der Waals surface area contributed by atoms with Crippen LogP contribution < -0.4 is 5.32 Å². The number of benzene rings is 1. The van der Waals surface area contributed by atoms with E-state index < -0.39 is 4.92 Å². The molecular formula is C15H19N3O4. The molecule has 0 atom stereocenters. The number of nitrogens with zero attached hydrogens (tertiary/aromatic N) is 2. The van der Waals surface area contributed by atoms with Gasteiger partial charge in [-0.25, -0.2) is 0 Å². The van der Waals surface area contributed by atoms with Crippen molar-refractivity contribution in [3.8, 4) is 0 Å². The van der Waals surface area contributed by atoms with Gasteiger partial charge in [0.15, 0.2) is 5.78 Å². The minimum absolute atomic E-state index is 0.0630. The van der Waals surface area contributed by atoms with Gasteiger partial charge in [-0.3, -0.25) is 19.7 Å². The van der Waals surface area contributed by atoms with E-state index in [2.05, 4.69) is 5.32 Å². The quantitative estimate of drug-likeness (QED) is 0.494. The molecule has 7 heteroatoms. The van der Waals surface area contributed by atoms with Crippen LogP contribution >= 0.6 is 0 Å². The predicted molar refractivity (Wildman–Crippen MR) is 82.0 cm³/mol. The molecule has 0 radical (unpaired) electrons. The number of nitrogens with one attached hydrogen (secondary N) is 1. The third-order valence-corrected chi connectivity index (χ3v) is 3.71. The van der Waals surface area contributed by atoms with Gasteiger partial charge in [0.25, 0.3) is 5.69 Å². The Morgan fingerprint density at radius 1 is 1.32 bits per heavy atom. The molecule has 0 saturated carbocycles. The molecule has 1 N–H and O–H groups in total. The van der Waals surface area contributed by atoms with Crippen molar-refractivity contribution >= 4 is 23.1 Å². The van der Waals surface area contributed by atoms with Gasteiger partial charge in [0.2, 0.25) is 5.91 Å². The standard InChI is InChI=1S/C15H19N3O4/c1-11(19)12-4-5-13(14(10-12)18(21)22)16-7-6-15(20)17-8-2-3-9-17/h4-5,10,16H,2-3,6-9H2,1H3. The molecule has 2 rings (SSSR count). The predicted octanol–water partition coefficient (Wildman–Crippen LogP) is 2.22. The fourth-order valence-electron chi connectivity index (χ4n) is 2.48. The van der Waals surface area contributed by atoms with Crippen LogP contribution in [-0.2, 0) is 4.79 Å². The van der Waals surface area contributed by atoms with Gasteiger partial charge < -0.3 is 10.2 Å². The van der Waals surface area contributed by atoms with Crippen LogP contribution in [0.1, 0.15) is 36.5 Å². The number of Topliss-reactive ketones (excluding diaryl/α,β-unsaturated/α-hetero) is 1. The number of amides is 1. The molecule has 0 spiro atoms. The summed E-state index contributed by atoms with van der Waals surface area (Å²) in [5.74, 6) is -0.160. The SMILES string of the molecule is CC(=O)c1ccc(NCCC(=O)N2CCCC2)c([N+](=O)[O-])c1. The first-order valence-electron chi connectivity index (χ1n) is 7.30. The van der Waals surface area contributed by atoms with E-state index in [4.69, 9.17) is 0 Å². The van der Waals surface area contributed by atoms with E-state index in [9.17, 15) is 19.7 Å². The molecule has 118 valence electrons. The molecule has 1 saturated heterocycles. The monoisotopic (exact) mass is 305 g/mol. The number of anilines is 1. The highest BCUT2D eigenvalue weighted by Gasteiger charge is 2.19. The molecule has 1 aromatic rings. The average molecular weight is 305 g/mol. The van der Waals surface area contributed by atoms with E-state index in [1.54, 1.807) is 6.07 Å². The Bertz CT molecular complexity index is 594. The van der Waals surface area contributed by atoms with Gasteiger partial charge in [0.1, 0.15) is 5.69 Å². The van der Waals surface area contributed by atoms with Crippen molar-refractivity contribution in [1.82, 2.24) is 4.90 Å². The first-order valence-corrected chi connectivity index (χ1v) is 7.30. The normalized spacial score (nSPS) is 14.0. The average Bonchev–Trinajstić information content (AvgIpc) is 3.01. The van der Waals surface area contributed by atoms with Crippen LogP contribution in [0.4, 0.5) is 11.4 Å². The summed E-state index contributed by atoms with van der Waals surface area (Å²) in [6, 6.07) is 4.31. The van der Waals surface area contributed by atoms with E-state index in [-0.39, 0.29) is 17.4 Å². The zero-order valence-electron chi connectivity index (χ0n) is 12.5. The Kier molecular flexibility index (Phi) is 5.08. The second-order valence-electron chi connectivity index (χ2n) is 5.31. The molecule has 0 aliphatic carbocycles. The molecule has 1 amide bonds. The number of carbonyl (C=O) groups is 2. The fraction of sp³-hybridized carbons (Fsp3) is 0.467. The number of nitro groups is 1. The number of hydrogen-bond donors (Lipinski definition) is 1. The molecule has 0 bridgehead atoms. The number of ketones is 1. The maximum Gasteiger partial charge on any atom is 0.293 e. The summed E-state index contributed by atoms with van der Waals surface area (Å²) in [7, 11) is 0. The summed E-state index contributed by atoms with van der Waals surface area (Å²) in [4.78, 5) is 35.6. The van der Waals surface area contributed by atoms with Gasteiger partial charge in [-0.2, -0.15) is 0 Å². The van der Waals surface area contributed by atoms with Crippen molar-refractivity contribution in [1.29, 1.82) is 0 Å². The lowest BCUT2D eigenvalue weighted by molar-refractivity contribution is -0.384. The summed E-state index contributed by atoms with van der Waals surface area (Å²) < 4.78 is 0. The largest absolute Gasteiger partial charge is 0.379 e. The van der Waals surface area contributed by atoms with Crippen molar-refractivity contribution in [3.63, 3.8) is 0 Å². The number of hydrogen-bond acceptors (Lipinski definition) is 5. The van der Waals surface area contributed by atoms with Crippen LogP contribution in [-0.4, -0.2) is 41.1 Å². The highest BCUT2D eigenvalue weighted by Crippen LogP contribution is 2.25. The molecule has 22 heavy (non-hydrogen) atoms. The summed E-state index contributed by atoms with van der Waals surface area (Å²) in [6.45, 7) is 3.29. The van der Waals surface area contributed by atoms with Gasteiger partial charge in [0.05, 0.1) is 4.92 Å². The van der Waals surface area contributed by atoms with Crippen molar-refractivity contribution in [2.45, 2.75) is 26.2 Å². The third-order valence-electron chi connectivity index (χ3n) is 3.71. The van der Waals surface area contributed by atoms with Crippen LogP contribution in [0.15, 0.2) is 18.2 Å². The van der Waals surface area contributed by atoms with Gasteiger partial charge in [-0.15, -0.1) is 0 Å². The first kappa shape index (κ1) is 15.9. The molecule has 1 heterocycles. The molecule has 1 fully saturated rings. The zero-order valence-corrected chi connectivity index (χ0v) is 12.5. The second-order valence-corrected chi connectivity index (χ2v) is 5.31. The van der Waals surface area contributed by atoms with Crippen molar-refractivity contribution in [3.05, 3.63) is 33.9 Å². The van der Waals surface area contributed by atoms with E-state index in [1.165, 1.54) is 19.1 Å². The Morgan fingerprint density at radius 3 is 2.59 bits per heavy atom. The second kappa shape index (κ2) is 7.02. The van der Waals surface area contributed by atoms with Gasteiger partial charge in [-0.05, 0) is 31.9 Å². The third kappa shape index (κ3) is 3.81. The maximum atomic E-state index is 11.9. The minimum Gasteiger partial charge on any atom is -0.379 e. The summed E-state index contributed by atoms with van der Waals surface area (Å²) in [5.41, 5.74) is 0.468. The molecule has 7 nitrogen and oxygen atoms in total. The van der Waals surface area contributed by atoms with Crippen molar-refractivity contribution in [2.24, 2.45) is 0 Å². The lowest BCUT2D eigenvalue weighted by Crippen LogP contribution is -2.29. The molecule has 0 unspecified atom stereocenters. The Labute approximate surface area is 128 Å². The highest BCUT2D eigenvalue weighted by atomic mass is 16.6. The van der Waals surface area contributed by atoms with Crippen molar-refractivity contribution < 1.29 is 14.5 Å². The molecule has 1 aromatic carbocycles. The van der Waals surface area contributed by atoms with Gasteiger partial charge >= 0.3 is 0 Å². The Balaban J connectivity index is 1.98. The lowest BCUT2D eigenvalue weighted by atomic mass is 10.1. The highest BCUT2D eigenvalue weighted by molar-refractivity contribution is 5.95. The number of likely N-dealkylation sites (tertiary alicyclic amines) is 1. The smallest absolute Gasteiger partial charge is 0.293 e. The zero-order chi connectivity index (χ0) is 16.1. The Hall–Kier alpha value is -2.44. The molecule has 1 aliphatic heterocycles. The molecule has 0 aromatic heterocycles. The Morgan fingerprint density at radius 2 is 2.00 bits per heavy atom. The summed E-state index contributed by atoms with van der Waals surface area (Å²) in [5, 5.41) is 14.0. The fourth-order valence-corrected chi connectivity index (χ4v) is 2.48. The van der Waals surface area contributed by atoms with Gasteiger partial charge in [-0.1, -0.05) is 0 Å². The lowest BCUT2D eigenvalue weighted by Gasteiger charge is -2.15. The van der Waals surface area contributed by atoms with E-state index in [1.807, 2.05) is 4.90 Å². The summed E-state index contributed by atoms with van der Waals surface area (Å²) >= 11 is 0. The van der Waals surface area contributed by atoms with E-state index >= 15 is 0 Å². The summed E-state index contributed by atoms with van der Waals surface area (Å²) in [6.07, 6.45) is 2.37. The number of nitro benzene ring substituents is 1. The molecular weight excluding hydrogens is 286 g/mol. The van der Waals surface area contributed by atoms with Crippen LogP contribution in [0.2, 0.25) is 0 Å². The number of carbonyl (C=O) groups excluding carboxylic acids is 2. The van der Waals surface area contributed by atoms with Crippen LogP contribution in [0, 0.1) is 10.1 Å². The van der Waals surface area contributed by atoms with Crippen LogP contribution in [0.25, 0.3) is 0 Å². The van der Waals surface area contributed by atoms with E-state index in [0.717, 1.165) is 25.9 Å². The minimum atomic E-state index is -0.531. The topological polar surface area (TPSA) is 92.6 Å². The van der Waals surface area contributed by atoms with Crippen LogP contribution in [0.3, 0.4) is 0 Å².